The molecule has 6 nitrogen and oxygen atoms in total. The maximum atomic E-state index is 10.4. The van der Waals surface area contributed by atoms with E-state index in [1.807, 2.05) is 6.92 Å². The standard InChI is InChI=1S/C14H26O6S/c1-7-21-12-11-10(9(15)8(2)18-12)19-13(3,16-5)14(4,17-6)20-11/h8-12,15H,7H2,1-6H3/t8-,9+,10+,11-,12-,13-,14-/m0/s1. The Kier molecular flexibility index (Phi) is 5.25. The molecule has 0 amide bonds. The highest BCUT2D eigenvalue weighted by Gasteiger charge is 2.61. The van der Waals surface area contributed by atoms with Crippen molar-refractivity contribution in [1.29, 1.82) is 0 Å². The Labute approximate surface area is 130 Å². The van der Waals surface area contributed by atoms with Crippen LogP contribution < -0.4 is 0 Å². The maximum Gasteiger partial charge on any atom is 0.220 e. The SMILES string of the molecule is CCS[C@@H]1O[C@@H](C)[C@@H](O)[C@H]2O[C@](C)(OC)[C@@](C)(OC)O[C@@H]21. The van der Waals surface area contributed by atoms with Crippen LogP contribution in [0.15, 0.2) is 0 Å². The summed E-state index contributed by atoms with van der Waals surface area (Å²) < 4.78 is 29.1. The second-order valence-corrected chi connectivity index (χ2v) is 7.00. The zero-order valence-electron chi connectivity index (χ0n) is 13.5. The molecule has 0 radical (unpaired) electrons. The first kappa shape index (κ1) is 17.5. The summed E-state index contributed by atoms with van der Waals surface area (Å²) in [6, 6.07) is 0. The highest BCUT2D eigenvalue weighted by atomic mass is 32.2. The molecule has 2 rings (SSSR count). The summed E-state index contributed by atoms with van der Waals surface area (Å²) in [4.78, 5) is 0. The molecule has 0 aromatic rings. The third-order valence-corrected chi connectivity index (χ3v) is 5.46. The molecule has 21 heavy (non-hydrogen) atoms. The highest BCUT2D eigenvalue weighted by molar-refractivity contribution is 7.99. The third-order valence-electron chi connectivity index (χ3n) is 4.42. The van der Waals surface area contributed by atoms with E-state index in [4.69, 9.17) is 23.7 Å². The van der Waals surface area contributed by atoms with Crippen molar-refractivity contribution >= 4 is 11.8 Å². The topological polar surface area (TPSA) is 66.4 Å². The Balaban J connectivity index is 2.31. The van der Waals surface area contributed by atoms with Crippen molar-refractivity contribution in [2.75, 3.05) is 20.0 Å². The van der Waals surface area contributed by atoms with E-state index in [9.17, 15) is 5.11 Å². The first-order chi connectivity index (χ1) is 9.81. The molecule has 0 spiro atoms. The van der Waals surface area contributed by atoms with Gasteiger partial charge in [0.15, 0.2) is 0 Å². The van der Waals surface area contributed by atoms with E-state index in [0.717, 1.165) is 5.75 Å². The fourth-order valence-electron chi connectivity index (χ4n) is 2.74. The van der Waals surface area contributed by atoms with Gasteiger partial charge in [0.05, 0.1) is 6.10 Å². The van der Waals surface area contributed by atoms with Crippen LogP contribution in [0, 0.1) is 0 Å². The minimum atomic E-state index is -1.11. The Bertz CT molecular complexity index is 369. The van der Waals surface area contributed by atoms with Crippen LogP contribution in [-0.4, -0.2) is 66.5 Å². The average Bonchev–Trinajstić information content (AvgIpc) is 2.47. The lowest BCUT2D eigenvalue weighted by molar-refractivity contribution is -0.467. The third kappa shape index (κ3) is 2.85. The summed E-state index contributed by atoms with van der Waals surface area (Å²) >= 11 is 1.63. The first-order valence-corrected chi connectivity index (χ1v) is 8.27. The van der Waals surface area contributed by atoms with E-state index in [0.29, 0.717) is 0 Å². The van der Waals surface area contributed by atoms with E-state index < -0.39 is 29.9 Å². The summed E-state index contributed by atoms with van der Waals surface area (Å²) in [6.07, 6.45) is -2.05. The monoisotopic (exact) mass is 322 g/mol. The van der Waals surface area contributed by atoms with E-state index in [1.165, 1.54) is 7.11 Å². The van der Waals surface area contributed by atoms with Crippen molar-refractivity contribution in [1.82, 2.24) is 0 Å². The van der Waals surface area contributed by atoms with Gasteiger partial charge in [0.1, 0.15) is 23.7 Å². The molecule has 0 bridgehead atoms. The van der Waals surface area contributed by atoms with Crippen molar-refractivity contribution in [2.24, 2.45) is 0 Å². The van der Waals surface area contributed by atoms with Crippen LogP contribution in [0.2, 0.25) is 0 Å². The van der Waals surface area contributed by atoms with Crippen molar-refractivity contribution in [3.05, 3.63) is 0 Å². The molecule has 2 fully saturated rings. The van der Waals surface area contributed by atoms with Gasteiger partial charge in [-0.25, -0.2) is 0 Å². The molecule has 7 heteroatoms. The number of rotatable bonds is 4. The Morgan fingerprint density at radius 1 is 1.10 bits per heavy atom. The second-order valence-electron chi connectivity index (χ2n) is 5.62. The maximum absolute atomic E-state index is 10.4. The van der Waals surface area contributed by atoms with Gasteiger partial charge in [-0.15, -0.1) is 11.8 Å². The Hall–Kier alpha value is 0.110. The molecule has 2 aliphatic heterocycles. The van der Waals surface area contributed by atoms with Crippen molar-refractivity contribution in [2.45, 2.75) is 69.1 Å². The molecule has 124 valence electrons. The van der Waals surface area contributed by atoms with Gasteiger partial charge in [-0.1, -0.05) is 6.92 Å². The summed E-state index contributed by atoms with van der Waals surface area (Å²) in [5, 5.41) is 10.4. The predicted octanol–water partition coefficient (Wildman–Crippen LogP) is 1.35. The van der Waals surface area contributed by atoms with Gasteiger partial charge in [-0.3, -0.25) is 0 Å². The summed E-state index contributed by atoms with van der Waals surface area (Å²) in [5.41, 5.74) is -0.214. The fraction of sp³-hybridized carbons (Fsp3) is 1.00. The number of hydrogen-bond acceptors (Lipinski definition) is 7. The molecule has 0 saturated carbocycles. The van der Waals surface area contributed by atoms with Gasteiger partial charge in [0, 0.05) is 14.2 Å². The molecule has 0 aromatic carbocycles. The lowest BCUT2D eigenvalue weighted by atomic mass is 9.96. The number of aliphatic hydroxyl groups excluding tert-OH is 1. The number of thioether (sulfide) groups is 1. The normalized spacial score (nSPS) is 50.7. The van der Waals surface area contributed by atoms with Crippen molar-refractivity contribution < 1.29 is 28.8 Å². The van der Waals surface area contributed by atoms with Gasteiger partial charge < -0.3 is 28.8 Å². The molecule has 0 aromatic heterocycles. The van der Waals surface area contributed by atoms with Gasteiger partial charge in [-0.05, 0) is 26.5 Å². The number of methoxy groups -OCH3 is 2. The van der Waals surface area contributed by atoms with Crippen LogP contribution in [0.4, 0.5) is 0 Å². The zero-order chi connectivity index (χ0) is 15.8. The molecule has 7 atom stereocenters. The van der Waals surface area contributed by atoms with E-state index in [1.54, 1.807) is 32.7 Å². The van der Waals surface area contributed by atoms with Crippen molar-refractivity contribution in [3.8, 4) is 0 Å². The van der Waals surface area contributed by atoms with Crippen LogP contribution in [0.25, 0.3) is 0 Å². The molecule has 0 aliphatic carbocycles. The number of aliphatic hydroxyl groups is 1. The molecule has 2 saturated heterocycles. The number of ether oxygens (including phenoxy) is 5. The van der Waals surface area contributed by atoms with E-state index >= 15 is 0 Å². The van der Waals surface area contributed by atoms with Crippen LogP contribution in [0.5, 0.6) is 0 Å². The molecular weight excluding hydrogens is 296 g/mol. The number of fused-ring (bicyclic) bond motifs is 1. The van der Waals surface area contributed by atoms with E-state index in [2.05, 4.69) is 6.92 Å². The van der Waals surface area contributed by atoms with Crippen LogP contribution >= 0.6 is 11.8 Å². The van der Waals surface area contributed by atoms with Gasteiger partial charge in [-0.2, -0.15) is 0 Å². The zero-order valence-corrected chi connectivity index (χ0v) is 14.3. The Morgan fingerprint density at radius 3 is 2.10 bits per heavy atom. The molecule has 1 N–H and O–H groups in total. The lowest BCUT2D eigenvalue weighted by Crippen LogP contribution is -2.71. The second kappa shape index (κ2) is 6.31. The molecule has 2 aliphatic rings. The smallest absolute Gasteiger partial charge is 0.220 e. The molecular formula is C14H26O6S. The Morgan fingerprint density at radius 2 is 1.62 bits per heavy atom. The van der Waals surface area contributed by atoms with Crippen LogP contribution in [0.1, 0.15) is 27.7 Å². The minimum absolute atomic E-state index is 0.214. The minimum Gasteiger partial charge on any atom is -0.388 e. The van der Waals surface area contributed by atoms with Crippen molar-refractivity contribution in [3.63, 3.8) is 0 Å². The van der Waals surface area contributed by atoms with Gasteiger partial charge in [0.25, 0.3) is 0 Å². The molecule has 2 heterocycles. The quantitative estimate of drug-likeness (QED) is 0.838. The molecule has 0 unspecified atom stereocenters. The average molecular weight is 322 g/mol. The largest absolute Gasteiger partial charge is 0.388 e. The van der Waals surface area contributed by atoms with E-state index in [-0.39, 0.29) is 11.5 Å². The summed E-state index contributed by atoms with van der Waals surface area (Å²) in [5.74, 6) is -1.31. The van der Waals surface area contributed by atoms with Crippen LogP contribution in [-0.2, 0) is 23.7 Å². The summed E-state index contributed by atoms with van der Waals surface area (Å²) in [6.45, 7) is 7.41. The number of hydrogen-bond donors (Lipinski definition) is 1. The lowest BCUT2D eigenvalue weighted by Gasteiger charge is -2.56. The fourth-order valence-corrected chi connectivity index (χ4v) is 3.73. The van der Waals surface area contributed by atoms with Gasteiger partial charge >= 0.3 is 0 Å². The predicted molar refractivity (Wildman–Crippen MR) is 79.0 cm³/mol. The first-order valence-electron chi connectivity index (χ1n) is 7.23. The van der Waals surface area contributed by atoms with Gasteiger partial charge in [0.2, 0.25) is 11.6 Å². The summed E-state index contributed by atoms with van der Waals surface area (Å²) in [7, 11) is 3.08. The highest BCUT2D eigenvalue weighted by Crippen LogP contribution is 2.45. The van der Waals surface area contributed by atoms with Crippen LogP contribution in [0.3, 0.4) is 0 Å².